The molecule has 26 heavy (non-hydrogen) atoms. The Bertz CT molecular complexity index is 855. The predicted octanol–water partition coefficient (Wildman–Crippen LogP) is 1.05. The van der Waals surface area contributed by atoms with E-state index in [-0.39, 0.29) is 24.5 Å². The van der Waals surface area contributed by atoms with Gasteiger partial charge < -0.3 is 19.3 Å². The Kier molecular flexibility index (Phi) is 4.06. The highest BCUT2D eigenvalue weighted by Gasteiger charge is 2.45. The number of carboxylic acid groups (broad SMARTS) is 1. The maximum Gasteiger partial charge on any atom is 0.358 e. The summed E-state index contributed by atoms with van der Waals surface area (Å²) in [6.45, 7) is 3.99. The van der Waals surface area contributed by atoms with Gasteiger partial charge in [-0.15, -0.1) is 0 Å². The Morgan fingerprint density at radius 2 is 2.08 bits per heavy atom. The highest BCUT2D eigenvalue weighted by atomic mass is 16.5. The van der Waals surface area contributed by atoms with Crippen molar-refractivity contribution in [2.45, 2.75) is 19.9 Å². The second kappa shape index (κ2) is 6.40. The fraction of sp³-hybridized carbons (Fsp3) is 0.471. The second-order valence-electron chi connectivity index (χ2n) is 6.66. The number of hydrogen-bond acceptors (Lipinski definition) is 7. The molecule has 1 aliphatic heterocycles. The molecule has 2 aromatic rings. The van der Waals surface area contributed by atoms with E-state index >= 15 is 0 Å². The van der Waals surface area contributed by atoms with Gasteiger partial charge in [-0.25, -0.2) is 24.5 Å². The number of carbonyl (C=O) groups excluding carboxylic acids is 1. The zero-order chi connectivity index (χ0) is 18.3. The van der Waals surface area contributed by atoms with E-state index in [0.717, 1.165) is 13.1 Å². The first kappa shape index (κ1) is 16.5. The van der Waals surface area contributed by atoms with Crippen LogP contribution in [0.3, 0.4) is 0 Å². The van der Waals surface area contributed by atoms with Gasteiger partial charge in [0, 0.05) is 31.0 Å². The Hall–Kier alpha value is -2.97. The number of rotatable bonds is 6. The number of carboxylic acids is 1. The maximum atomic E-state index is 11.7. The summed E-state index contributed by atoms with van der Waals surface area (Å²) in [4.78, 5) is 38.0. The van der Waals surface area contributed by atoms with Crippen molar-refractivity contribution in [2.75, 3.05) is 24.6 Å². The lowest BCUT2D eigenvalue weighted by Gasteiger charge is -2.18. The molecule has 0 bridgehead atoms. The molecule has 0 radical (unpaired) electrons. The predicted molar refractivity (Wildman–Crippen MR) is 90.1 cm³/mol. The van der Waals surface area contributed by atoms with Gasteiger partial charge in [0.15, 0.2) is 11.4 Å². The Morgan fingerprint density at radius 3 is 2.77 bits per heavy atom. The average Bonchev–Trinajstić information content (AvgIpc) is 3.02. The Labute approximate surface area is 149 Å². The molecule has 1 saturated carbocycles. The lowest BCUT2D eigenvalue weighted by atomic mass is 10.2. The number of aromatic nitrogens is 4. The summed E-state index contributed by atoms with van der Waals surface area (Å²) >= 11 is 0. The molecule has 2 atom stereocenters. The van der Waals surface area contributed by atoms with E-state index in [4.69, 9.17) is 4.74 Å². The van der Waals surface area contributed by atoms with E-state index in [1.54, 1.807) is 17.7 Å². The maximum absolute atomic E-state index is 11.7. The molecule has 2 fully saturated rings. The number of ether oxygens (including phenoxy) is 1. The largest absolute Gasteiger partial charge is 0.476 e. The van der Waals surface area contributed by atoms with Gasteiger partial charge in [0.05, 0.1) is 19.5 Å². The van der Waals surface area contributed by atoms with Gasteiger partial charge in [-0.05, 0) is 25.2 Å². The summed E-state index contributed by atoms with van der Waals surface area (Å²) < 4.78 is 6.51. The van der Waals surface area contributed by atoms with Crippen molar-refractivity contribution < 1.29 is 19.4 Å². The third-order valence-electron chi connectivity index (χ3n) is 4.79. The van der Waals surface area contributed by atoms with Gasteiger partial charge in [-0.1, -0.05) is 0 Å². The molecular weight excluding hydrogens is 338 g/mol. The molecule has 0 spiro atoms. The van der Waals surface area contributed by atoms with Crippen molar-refractivity contribution >= 4 is 17.9 Å². The summed E-state index contributed by atoms with van der Waals surface area (Å²) in [5.41, 5.74) is 0.609. The monoisotopic (exact) mass is 357 g/mol. The molecule has 1 saturated heterocycles. The molecule has 1 N–H and O–H groups in total. The summed E-state index contributed by atoms with van der Waals surface area (Å²) in [7, 11) is 0. The second-order valence-corrected chi connectivity index (χ2v) is 6.66. The number of aromatic carboxylic acids is 1. The highest BCUT2D eigenvalue weighted by Crippen LogP contribution is 2.45. The van der Waals surface area contributed by atoms with Crippen LogP contribution in [-0.4, -0.2) is 56.3 Å². The van der Waals surface area contributed by atoms with Crippen LogP contribution in [0.25, 0.3) is 0 Å². The van der Waals surface area contributed by atoms with Crippen molar-refractivity contribution in [2.24, 2.45) is 11.8 Å². The van der Waals surface area contributed by atoms with Crippen LogP contribution in [0.5, 0.6) is 0 Å². The van der Waals surface area contributed by atoms with E-state index in [1.165, 1.54) is 18.9 Å². The van der Waals surface area contributed by atoms with Crippen molar-refractivity contribution in [1.29, 1.82) is 0 Å². The fourth-order valence-electron chi connectivity index (χ4n) is 3.37. The van der Waals surface area contributed by atoms with Gasteiger partial charge in [0.1, 0.15) is 0 Å². The van der Waals surface area contributed by atoms with Crippen LogP contribution in [0, 0.1) is 11.8 Å². The summed E-state index contributed by atoms with van der Waals surface area (Å²) in [6, 6.07) is 0. The number of fused-ring (bicyclic) bond motifs is 1. The lowest BCUT2D eigenvalue weighted by Crippen LogP contribution is -2.25. The van der Waals surface area contributed by atoms with Crippen LogP contribution < -0.4 is 4.90 Å². The topological polar surface area (TPSA) is 110 Å². The summed E-state index contributed by atoms with van der Waals surface area (Å²) in [5, 5.41) is 9.53. The zero-order valence-electron chi connectivity index (χ0n) is 14.3. The van der Waals surface area contributed by atoms with Crippen molar-refractivity contribution in [1.82, 2.24) is 19.5 Å². The van der Waals surface area contributed by atoms with Gasteiger partial charge in [-0.2, -0.15) is 0 Å². The summed E-state index contributed by atoms with van der Waals surface area (Å²) in [6.07, 6.45) is 5.77. The molecule has 4 rings (SSSR count). The number of nitrogens with zero attached hydrogens (tertiary/aromatic N) is 5. The number of anilines is 1. The SMILES string of the molecule is CCOC(=O)c1cn(Cc2cnc(N3CC4CC4C3)nc2C(=O)O)cn1. The van der Waals surface area contributed by atoms with E-state index in [1.807, 2.05) is 4.90 Å². The normalized spacial score (nSPS) is 20.7. The fourth-order valence-corrected chi connectivity index (χ4v) is 3.37. The van der Waals surface area contributed by atoms with Crippen LogP contribution in [0.1, 0.15) is 39.9 Å². The van der Waals surface area contributed by atoms with E-state index in [9.17, 15) is 14.7 Å². The van der Waals surface area contributed by atoms with Crippen molar-refractivity contribution in [3.05, 3.63) is 35.7 Å². The third kappa shape index (κ3) is 3.12. The quantitative estimate of drug-likeness (QED) is 0.764. The van der Waals surface area contributed by atoms with Crippen molar-refractivity contribution in [3.8, 4) is 0 Å². The molecule has 0 aromatic carbocycles. The minimum absolute atomic E-state index is 0.0260. The number of hydrogen-bond donors (Lipinski definition) is 1. The molecular formula is C17H19N5O4. The number of esters is 1. The molecule has 2 aromatic heterocycles. The highest BCUT2D eigenvalue weighted by molar-refractivity contribution is 5.88. The van der Waals surface area contributed by atoms with Crippen LogP contribution in [0.2, 0.25) is 0 Å². The third-order valence-corrected chi connectivity index (χ3v) is 4.79. The van der Waals surface area contributed by atoms with E-state index in [0.29, 0.717) is 23.3 Å². The number of imidazole rings is 1. The molecule has 0 amide bonds. The van der Waals surface area contributed by atoms with Crippen LogP contribution in [0.4, 0.5) is 5.95 Å². The molecule has 9 nitrogen and oxygen atoms in total. The zero-order valence-corrected chi connectivity index (χ0v) is 14.3. The minimum Gasteiger partial charge on any atom is -0.476 e. The smallest absolute Gasteiger partial charge is 0.358 e. The first-order valence-electron chi connectivity index (χ1n) is 8.58. The summed E-state index contributed by atoms with van der Waals surface area (Å²) in [5.74, 6) is 0.274. The number of piperidine rings is 1. The molecule has 3 heterocycles. The van der Waals surface area contributed by atoms with Gasteiger partial charge in [0.25, 0.3) is 0 Å². The van der Waals surface area contributed by atoms with Crippen LogP contribution >= 0.6 is 0 Å². The molecule has 136 valence electrons. The van der Waals surface area contributed by atoms with Crippen molar-refractivity contribution in [3.63, 3.8) is 0 Å². The molecule has 2 unspecified atom stereocenters. The first-order chi connectivity index (χ1) is 12.5. The van der Waals surface area contributed by atoms with Crippen LogP contribution in [-0.2, 0) is 11.3 Å². The van der Waals surface area contributed by atoms with Gasteiger partial charge >= 0.3 is 11.9 Å². The average molecular weight is 357 g/mol. The van der Waals surface area contributed by atoms with Gasteiger partial charge in [-0.3, -0.25) is 0 Å². The molecule has 9 heteroatoms. The standard InChI is InChI=1S/C17H19N5O4/c1-2-26-16(25)13-8-21(9-19-13)5-12-4-18-17(20-14(12)15(23)24)22-6-10-3-11(10)7-22/h4,8-11H,2-3,5-7H2,1H3,(H,23,24). The first-order valence-corrected chi connectivity index (χ1v) is 8.58. The molecule has 2 aliphatic rings. The number of carbonyl (C=O) groups is 2. The van der Waals surface area contributed by atoms with E-state index in [2.05, 4.69) is 15.0 Å². The lowest BCUT2D eigenvalue weighted by molar-refractivity contribution is 0.0519. The molecule has 1 aliphatic carbocycles. The Morgan fingerprint density at radius 1 is 1.31 bits per heavy atom. The Balaban J connectivity index is 1.54. The minimum atomic E-state index is -1.10. The van der Waals surface area contributed by atoms with Crippen LogP contribution in [0.15, 0.2) is 18.7 Å². The van der Waals surface area contributed by atoms with Gasteiger partial charge in [0.2, 0.25) is 5.95 Å². The van der Waals surface area contributed by atoms with E-state index < -0.39 is 11.9 Å².